The first-order valence-corrected chi connectivity index (χ1v) is 11.0. The van der Waals surface area contributed by atoms with E-state index < -0.39 is 15.6 Å². The van der Waals surface area contributed by atoms with Crippen LogP contribution in [0.25, 0.3) is 11.5 Å². The molecule has 0 spiro atoms. The number of nitrogens with two attached hydrogens (primary N) is 1. The lowest BCUT2D eigenvalue weighted by Gasteiger charge is -2.34. The van der Waals surface area contributed by atoms with Crippen molar-refractivity contribution in [3.63, 3.8) is 0 Å². The van der Waals surface area contributed by atoms with Gasteiger partial charge in [-0.25, -0.2) is 8.42 Å². The summed E-state index contributed by atoms with van der Waals surface area (Å²) in [5.74, 6) is 1.63. The second-order valence-corrected chi connectivity index (χ2v) is 10.2. The molecule has 9 heteroatoms. The molecule has 7 nitrogen and oxygen atoms in total. The van der Waals surface area contributed by atoms with Crippen LogP contribution in [-0.2, 0) is 15.6 Å². The summed E-state index contributed by atoms with van der Waals surface area (Å²) in [6, 6.07) is 6.65. The zero-order valence-corrected chi connectivity index (χ0v) is 17.8. The van der Waals surface area contributed by atoms with Crippen LogP contribution >= 0.6 is 12.4 Å². The Morgan fingerprint density at radius 3 is 2.29 bits per heavy atom. The molecule has 154 valence electrons. The quantitative estimate of drug-likeness (QED) is 0.805. The van der Waals surface area contributed by atoms with Crippen molar-refractivity contribution in [3.8, 4) is 11.5 Å². The van der Waals surface area contributed by atoms with Crippen LogP contribution in [0.15, 0.2) is 33.7 Å². The summed E-state index contributed by atoms with van der Waals surface area (Å²) in [5.41, 5.74) is 6.44. The van der Waals surface area contributed by atoms with Crippen molar-refractivity contribution < 1.29 is 12.9 Å². The summed E-state index contributed by atoms with van der Waals surface area (Å²) in [4.78, 5) is 4.71. The first kappa shape index (κ1) is 21.2. The van der Waals surface area contributed by atoms with Crippen molar-refractivity contribution in [1.29, 1.82) is 0 Å². The molecule has 1 saturated heterocycles. The van der Waals surface area contributed by atoms with Gasteiger partial charge in [0.25, 0.3) is 5.89 Å². The highest BCUT2D eigenvalue weighted by atomic mass is 35.5. The minimum Gasteiger partial charge on any atom is -0.334 e. The van der Waals surface area contributed by atoms with E-state index in [2.05, 4.69) is 24.0 Å². The molecule has 1 aromatic heterocycles. The largest absolute Gasteiger partial charge is 0.334 e. The van der Waals surface area contributed by atoms with Crippen LogP contribution in [0.1, 0.15) is 45.4 Å². The molecule has 0 amide bonds. The fourth-order valence-electron chi connectivity index (χ4n) is 4.04. The van der Waals surface area contributed by atoms with Crippen LogP contribution < -0.4 is 5.73 Å². The number of benzene rings is 1. The first-order valence-electron chi connectivity index (χ1n) is 9.51. The maximum atomic E-state index is 13.0. The standard InChI is InChI=1S/C19H26N4O3S.ClH/c1-13-10-14(2)12-23(11-13)27(24,25)16-6-4-15(5-7-16)17-21-18(22-26-17)19(20)8-3-9-19;/h4-7,13-14H,3,8-12,20H2,1-2H3;1H. The molecule has 4 rings (SSSR count). The Bertz CT molecular complexity index is 915. The van der Waals surface area contributed by atoms with E-state index in [1.165, 1.54) is 0 Å². The Hall–Kier alpha value is -1.48. The van der Waals surface area contributed by atoms with Crippen molar-refractivity contribution in [3.05, 3.63) is 30.1 Å². The third-order valence-electron chi connectivity index (χ3n) is 5.69. The van der Waals surface area contributed by atoms with Gasteiger partial charge in [0, 0.05) is 18.7 Å². The van der Waals surface area contributed by atoms with E-state index in [1.807, 2.05) is 0 Å². The van der Waals surface area contributed by atoms with Gasteiger partial charge in [-0.3, -0.25) is 0 Å². The predicted molar refractivity (Wildman–Crippen MR) is 108 cm³/mol. The van der Waals surface area contributed by atoms with Crippen LogP contribution in [0, 0.1) is 11.8 Å². The SMILES string of the molecule is CC1CC(C)CN(S(=O)(=O)c2ccc(-c3nc(C4(N)CCC4)no3)cc2)C1.Cl. The Morgan fingerprint density at radius 2 is 1.75 bits per heavy atom. The highest BCUT2D eigenvalue weighted by Gasteiger charge is 2.39. The number of halogens is 1. The van der Waals surface area contributed by atoms with Gasteiger partial charge in [0.05, 0.1) is 10.4 Å². The van der Waals surface area contributed by atoms with Gasteiger partial charge in [0.2, 0.25) is 10.0 Å². The number of nitrogens with zero attached hydrogens (tertiary/aromatic N) is 3. The van der Waals surface area contributed by atoms with E-state index in [0.29, 0.717) is 47.1 Å². The highest BCUT2D eigenvalue weighted by molar-refractivity contribution is 7.89. The van der Waals surface area contributed by atoms with Crippen molar-refractivity contribution in [1.82, 2.24) is 14.4 Å². The van der Waals surface area contributed by atoms with Crippen LogP contribution in [0.4, 0.5) is 0 Å². The Kier molecular flexibility index (Phi) is 5.87. The van der Waals surface area contributed by atoms with Gasteiger partial charge in [-0.05, 0) is 61.8 Å². The van der Waals surface area contributed by atoms with Crippen LogP contribution in [-0.4, -0.2) is 36.0 Å². The lowest BCUT2D eigenvalue weighted by Crippen LogP contribution is -2.44. The minimum atomic E-state index is -3.49. The summed E-state index contributed by atoms with van der Waals surface area (Å²) in [6.07, 6.45) is 3.85. The average Bonchev–Trinajstić information content (AvgIpc) is 3.09. The van der Waals surface area contributed by atoms with Crippen LogP contribution in [0.3, 0.4) is 0 Å². The Morgan fingerprint density at radius 1 is 1.14 bits per heavy atom. The normalized spacial score (nSPS) is 25.0. The number of hydrogen-bond acceptors (Lipinski definition) is 6. The molecule has 1 aromatic carbocycles. The van der Waals surface area contributed by atoms with E-state index in [4.69, 9.17) is 10.3 Å². The van der Waals surface area contributed by atoms with E-state index in [-0.39, 0.29) is 12.4 Å². The molecular weight excluding hydrogens is 400 g/mol. The van der Waals surface area contributed by atoms with Crippen molar-refractivity contribution >= 4 is 22.4 Å². The van der Waals surface area contributed by atoms with E-state index >= 15 is 0 Å². The molecule has 0 radical (unpaired) electrons. The smallest absolute Gasteiger partial charge is 0.257 e. The molecule has 2 fully saturated rings. The van der Waals surface area contributed by atoms with Gasteiger partial charge in [0.15, 0.2) is 5.82 Å². The third kappa shape index (κ3) is 3.83. The van der Waals surface area contributed by atoms with Gasteiger partial charge in [0.1, 0.15) is 0 Å². The maximum Gasteiger partial charge on any atom is 0.257 e. The lowest BCUT2D eigenvalue weighted by molar-refractivity contribution is 0.222. The molecule has 1 saturated carbocycles. The van der Waals surface area contributed by atoms with Gasteiger partial charge in [-0.15, -0.1) is 12.4 Å². The number of aromatic nitrogens is 2. The Labute approximate surface area is 172 Å². The summed E-state index contributed by atoms with van der Waals surface area (Å²) >= 11 is 0. The second-order valence-electron chi connectivity index (χ2n) is 8.23. The molecule has 2 heterocycles. The van der Waals surface area contributed by atoms with Crippen LogP contribution in [0.2, 0.25) is 0 Å². The molecule has 2 aliphatic rings. The fourth-order valence-corrected chi connectivity index (χ4v) is 5.72. The molecule has 0 bridgehead atoms. The molecule has 28 heavy (non-hydrogen) atoms. The zero-order valence-electron chi connectivity index (χ0n) is 16.2. The van der Waals surface area contributed by atoms with Gasteiger partial charge in [-0.1, -0.05) is 19.0 Å². The maximum absolute atomic E-state index is 13.0. The molecule has 1 aliphatic carbocycles. The van der Waals surface area contributed by atoms with Crippen LogP contribution in [0.5, 0.6) is 0 Å². The first-order chi connectivity index (χ1) is 12.8. The van der Waals surface area contributed by atoms with Gasteiger partial charge >= 0.3 is 0 Å². The van der Waals surface area contributed by atoms with E-state index in [1.54, 1.807) is 28.6 Å². The average molecular weight is 427 g/mol. The summed E-state index contributed by atoms with van der Waals surface area (Å²) in [6.45, 7) is 5.33. The summed E-state index contributed by atoms with van der Waals surface area (Å²) in [5, 5.41) is 4.01. The second kappa shape index (κ2) is 7.74. The monoisotopic (exact) mass is 426 g/mol. The number of hydrogen-bond donors (Lipinski definition) is 1. The molecule has 1 aliphatic heterocycles. The van der Waals surface area contributed by atoms with E-state index in [0.717, 1.165) is 25.7 Å². The third-order valence-corrected chi connectivity index (χ3v) is 7.54. The van der Waals surface area contributed by atoms with Crippen molar-refractivity contribution in [2.45, 2.75) is 50.0 Å². The summed E-state index contributed by atoms with van der Waals surface area (Å²) < 4.78 is 32.9. The van der Waals surface area contributed by atoms with Gasteiger partial charge < -0.3 is 10.3 Å². The van der Waals surface area contributed by atoms with Crippen molar-refractivity contribution in [2.75, 3.05) is 13.1 Å². The Balaban J connectivity index is 0.00000225. The van der Waals surface area contributed by atoms with Crippen molar-refractivity contribution in [2.24, 2.45) is 17.6 Å². The lowest BCUT2D eigenvalue weighted by atomic mass is 9.77. The number of sulfonamides is 1. The molecule has 2 aromatic rings. The minimum absolute atomic E-state index is 0. The van der Waals surface area contributed by atoms with Gasteiger partial charge in [-0.2, -0.15) is 9.29 Å². The zero-order chi connectivity index (χ0) is 19.2. The highest BCUT2D eigenvalue weighted by Crippen LogP contribution is 2.37. The molecule has 2 unspecified atom stereocenters. The molecule has 2 N–H and O–H groups in total. The number of rotatable bonds is 4. The summed E-state index contributed by atoms with van der Waals surface area (Å²) in [7, 11) is -3.49. The number of piperidine rings is 1. The van der Waals surface area contributed by atoms with E-state index in [9.17, 15) is 8.42 Å². The predicted octanol–water partition coefficient (Wildman–Crippen LogP) is 3.16. The topological polar surface area (TPSA) is 102 Å². The molecular formula is C19H27ClN4O3S. The molecule has 2 atom stereocenters. The fraction of sp³-hybridized carbons (Fsp3) is 0.579.